The maximum absolute atomic E-state index is 11.8. The largest absolute Gasteiger partial charge is 0.270 e. The highest BCUT2D eigenvalue weighted by molar-refractivity contribution is 8.93. The van der Waals surface area contributed by atoms with Gasteiger partial charge in [0, 0.05) is 6.54 Å². The lowest BCUT2D eigenvalue weighted by Crippen LogP contribution is -2.37. The number of nitrogens with two attached hydrogens (primary N) is 1. The normalized spacial score (nSPS) is 18.7. The summed E-state index contributed by atoms with van der Waals surface area (Å²) < 4.78 is 47.2. The van der Waals surface area contributed by atoms with Gasteiger partial charge in [-0.1, -0.05) is 0 Å². The van der Waals surface area contributed by atoms with Crippen molar-refractivity contribution in [3.63, 3.8) is 0 Å². The number of primary sulfonamides is 1. The van der Waals surface area contributed by atoms with E-state index in [9.17, 15) is 16.8 Å². The van der Waals surface area contributed by atoms with Gasteiger partial charge in [-0.3, -0.25) is 4.31 Å². The van der Waals surface area contributed by atoms with Gasteiger partial charge in [-0.05, 0) is 37.1 Å². The van der Waals surface area contributed by atoms with E-state index < -0.39 is 20.0 Å². The second-order valence-electron chi connectivity index (χ2n) is 4.13. The molecule has 108 valence electrons. The summed E-state index contributed by atoms with van der Waals surface area (Å²) in [4.78, 5) is -0.0272. The molecule has 0 atom stereocenters. The van der Waals surface area contributed by atoms with Gasteiger partial charge in [0.15, 0.2) is 0 Å². The van der Waals surface area contributed by atoms with Crippen molar-refractivity contribution >= 4 is 42.7 Å². The minimum Gasteiger partial charge on any atom is -0.270 e. The molecule has 2 rings (SSSR count). The zero-order valence-electron chi connectivity index (χ0n) is 10.0. The van der Waals surface area contributed by atoms with E-state index in [1.54, 1.807) is 0 Å². The van der Waals surface area contributed by atoms with Crippen LogP contribution in [0.5, 0.6) is 0 Å². The van der Waals surface area contributed by atoms with E-state index in [0.29, 0.717) is 18.7 Å². The number of sulfonamides is 2. The van der Waals surface area contributed by atoms with Crippen molar-refractivity contribution < 1.29 is 16.8 Å². The van der Waals surface area contributed by atoms with Crippen molar-refractivity contribution in [1.29, 1.82) is 0 Å². The predicted octanol–water partition coefficient (Wildman–Crippen LogP) is 0.842. The molecule has 1 aliphatic heterocycles. The van der Waals surface area contributed by atoms with Gasteiger partial charge >= 0.3 is 0 Å². The molecular weight excluding hydrogens is 356 g/mol. The minimum atomic E-state index is -3.75. The van der Waals surface area contributed by atoms with Gasteiger partial charge < -0.3 is 0 Å². The maximum Gasteiger partial charge on any atom is 0.238 e. The van der Waals surface area contributed by atoms with E-state index in [-0.39, 0.29) is 27.6 Å². The van der Waals surface area contributed by atoms with Gasteiger partial charge in [0.25, 0.3) is 0 Å². The highest BCUT2D eigenvalue weighted by Crippen LogP contribution is 2.24. The second-order valence-corrected chi connectivity index (χ2v) is 7.71. The smallest absolute Gasteiger partial charge is 0.238 e. The van der Waals surface area contributed by atoms with Gasteiger partial charge in [0.1, 0.15) is 0 Å². The third kappa shape index (κ3) is 3.68. The second kappa shape index (κ2) is 5.78. The highest BCUT2D eigenvalue weighted by atomic mass is 79.9. The summed E-state index contributed by atoms with van der Waals surface area (Å²) in [6.45, 7) is 0.428. The van der Waals surface area contributed by atoms with E-state index in [1.807, 2.05) is 0 Å². The standard InChI is InChI=1S/C10H14N2O4S2.BrH/c11-18(15,16)10-5-3-9(4-6-10)12-7-1-2-8-17(12,13)14;/h3-6H,1-2,7-8H2,(H2,11,15,16);1H. The summed E-state index contributed by atoms with van der Waals surface area (Å²) in [5.41, 5.74) is 0.474. The van der Waals surface area contributed by atoms with Gasteiger partial charge in [0.05, 0.1) is 16.3 Å². The van der Waals surface area contributed by atoms with Crippen LogP contribution in [0.25, 0.3) is 0 Å². The molecule has 1 saturated heterocycles. The number of rotatable bonds is 2. The van der Waals surface area contributed by atoms with Crippen LogP contribution < -0.4 is 9.44 Å². The van der Waals surface area contributed by atoms with Crippen molar-refractivity contribution in [2.75, 3.05) is 16.6 Å². The average molecular weight is 371 g/mol. The van der Waals surface area contributed by atoms with Crippen LogP contribution in [-0.2, 0) is 20.0 Å². The van der Waals surface area contributed by atoms with Crippen LogP contribution in [-0.4, -0.2) is 29.1 Å². The van der Waals surface area contributed by atoms with Crippen LogP contribution in [0.3, 0.4) is 0 Å². The third-order valence-corrected chi connectivity index (χ3v) is 5.60. The van der Waals surface area contributed by atoms with E-state index in [4.69, 9.17) is 5.14 Å². The maximum atomic E-state index is 11.8. The predicted molar refractivity (Wildman–Crippen MR) is 78.5 cm³/mol. The molecule has 0 amide bonds. The molecular formula is C10H15BrN2O4S2. The molecule has 1 fully saturated rings. The number of halogens is 1. The first-order valence-corrected chi connectivity index (χ1v) is 8.59. The lowest BCUT2D eigenvalue weighted by Gasteiger charge is -2.28. The lowest BCUT2D eigenvalue weighted by molar-refractivity contribution is 0.574. The molecule has 0 spiro atoms. The third-order valence-electron chi connectivity index (χ3n) is 2.80. The molecule has 9 heteroatoms. The fourth-order valence-corrected chi connectivity index (χ4v) is 4.04. The number of nitrogens with zero attached hydrogens (tertiary/aromatic N) is 1. The first-order chi connectivity index (χ1) is 8.31. The van der Waals surface area contributed by atoms with E-state index in [1.165, 1.54) is 28.6 Å². The zero-order chi connectivity index (χ0) is 13.4. The fourth-order valence-electron chi connectivity index (χ4n) is 1.88. The molecule has 0 radical (unpaired) electrons. The summed E-state index contributed by atoms with van der Waals surface area (Å²) in [5, 5.41) is 4.98. The molecule has 6 nitrogen and oxygen atoms in total. The summed E-state index contributed by atoms with van der Waals surface area (Å²) in [7, 11) is -7.02. The van der Waals surface area contributed by atoms with E-state index in [0.717, 1.165) is 6.42 Å². The number of hydrogen-bond acceptors (Lipinski definition) is 4. The van der Waals surface area contributed by atoms with Crippen molar-refractivity contribution in [1.82, 2.24) is 0 Å². The molecule has 1 aromatic rings. The summed E-state index contributed by atoms with van der Waals surface area (Å²) in [6.07, 6.45) is 1.46. The van der Waals surface area contributed by atoms with Crippen LogP contribution in [0.15, 0.2) is 29.2 Å². The Kier molecular flexibility index (Phi) is 4.99. The monoisotopic (exact) mass is 370 g/mol. The van der Waals surface area contributed by atoms with E-state index in [2.05, 4.69) is 0 Å². The Balaban J connectivity index is 0.00000180. The molecule has 0 aromatic heterocycles. The van der Waals surface area contributed by atoms with Gasteiger partial charge in [-0.2, -0.15) is 0 Å². The molecule has 1 aliphatic rings. The highest BCUT2D eigenvalue weighted by Gasteiger charge is 2.26. The molecule has 2 N–H and O–H groups in total. The molecule has 19 heavy (non-hydrogen) atoms. The average Bonchev–Trinajstić information content (AvgIpc) is 2.27. The summed E-state index contributed by atoms with van der Waals surface area (Å²) >= 11 is 0. The number of benzene rings is 1. The zero-order valence-corrected chi connectivity index (χ0v) is 13.4. The molecule has 0 saturated carbocycles. The molecule has 0 unspecified atom stereocenters. The van der Waals surface area contributed by atoms with Crippen LogP contribution >= 0.6 is 17.0 Å². The van der Waals surface area contributed by atoms with Gasteiger partial charge in [-0.25, -0.2) is 22.0 Å². The van der Waals surface area contributed by atoms with Crippen LogP contribution in [0.2, 0.25) is 0 Å². The SMILES string of the molecule is Br.NS(=O)(=O)c1ccc(N2CCCCS2(=O)=O)cc1. The summed E-state index contributed by atoms with van der Waals surface area (Å²) in [6, 6.07) is 5.55. The topological polar surface area (TPSA) is 97.5 Å². The quantitative estimate of drug-likeness (QED) is 0.833. The molecule has 0 aliphatic carbocycles. The Morgan fingerprint density at radius 1 is 1.11 bits per heavy atom. The molecule has 0 bridgehead atoms. The van der Waals surface area contributed by atoms with Crippen molar-refractivity contribution in [2.45, 2.75) is 17.7 Å². The van der Waals surface area contributed by atoms with Gasteiger partial charge in [-0.15, -0.1) is 17.0 Å². The fraction of sp³-hybridized carbons (Fsp3) is 0.400. The van der Waals surface area contributed by atoms with Crippen LogP contribution in [0.4, 0.5) is 5.69 Å². The van der Waals surface area contributed by atoms with Crippen molar-refractivity contribution in [3.8, 4) is 0 Å². The van der Waals surface area contributed by atoms with Crippen LogP contribution in [0.1, 0.15) is 12.8 Å². The first-order valence-electron chi connectivity index (χ1n) is 5.44. The van der Waals surface area contributed by atoms with Gasteiger partial charge in [0.2, 0.25) is 20.0 Å². The number of anilines is 1. The molecule has 1 aromatic carbocycles. The Hall–Kier alpha value is -0.640. The van der Waals surface area contributed by atoms with Crippen molar-refractivity contribution in [3.05, 3.63) is 24.3 Å². The van der Waals surface area contributed by atoms with Crippen LogP contribution in [0, 0.1) is 0 Å². The Labute approximate surface area is 123 Å². The minimum absolute atomic E-state index is 0. The number of hydrogen-bond donors (Lipinski definition) is 1. The van der Waals surface area contributed by atoms with Crippen molar-refractivity contribution in [2.24, 2.45) is 5.14 Å². The Bertz CT molecular complexity index is 641. The molecule has 1 heterocycles. The van der Waals surface area contributed by atoms with E-state index >= 15 is 0 Å². The Morgan fingerprint density at radius 3 is 2.16 bits per heavy atom. The lowest BCUT2D eigenvalue weighted by atomic mass is 10.3. The Morgan fingerprint density at radius 2 is 1.68 bits per heavy atom. The summed E-state index contributed by atoms with van der Waals surface area (Å²) in [5.74, 6) is 0.129. The first kappa shape index (κ1) is 16.4.